The van der Waals surface area contributed by atoms with Crippen LogP contribution < -0.4 is 0 Å². The molecule has 0 saturated heterocycles. The van der Waals surface area contributed by atoms with Crippen LogP contribution >= 0.6 is 0 Å². The van der Waals surface area contributed by atoms with Crippen LogP contribution in [0.1, 0.15) is 6.92 Å². The van der Waals surface area contributed by atoms with E-state index in [4.69, 9.17) is 5.11 Å². The number of rotatable bonds is 4. The molecule has 1 N–H and O–H groups in total. The molecule has 0 fully saturated rings. The summed E-state index contributed by atoms with van der Waals surface area (Å²) in [5.41, 5.74) is 0. The van der Waals surface area contributed by atoms with Crippen molar-refractivity contribution in [2.24, 2.45) is 0 Å². The van der Waals surface area contributed by atoms with Gasteiger partial charge in [-0.2, -0.15) is 30.7 Å². The van der Waals surface area contributed by atoms with Crippen molar-refractivity contribution in [3.05, 3.63) is 11.8 Å². The zero-order valence-electron chi connectivity index (χ0n) is 8.69. The highest BCUT2D eigenvalue weighted by atomic mass is 19.4. The summed E-state index contributed by atoms with van der Waals surface area (Å²) in [7, 11) is 0. The molecule has 10 heteroatoms. The number of ether oxygens (including phenoxy) is 1. The molecule has 0 amide bonds. The van der Waals surface area contributed by atoms with Gasteiger partial charge in [0.05, 0.1) is 12.7 Å². The van der Waals surface area contributed by atoms with Crippen LogP contribution in [0.2, 0.25) is 0 Å². The second-order valence-electron chi connectivity index (χ2n) is 2.93. The van der Waals surface area contributed by atoms with Crippen LogP contribution in [0, 0.1) is 0 Å². The van der Waals surface area contributed by atoms with E-state index < -0.39 is 35.8 Å². The van der Waals surface area contributed by atoms with Crippen molar-refractivity contribution < 1.29 is 45.4 Å². The topological polar surface area (TPSA) is 46.5 Å². The molecule has 18 heavy (non-hydrogen) atoms. The predicted molar refractivity (Wildman–Crippen MR) is 43.3 cm³/mol. The van der Waals surface area contributed by atoms with Crippen LogP contribution in [0.25, 0.3) is 0 Å². The fourth-order valence-electron chi connectivity index (χ4n) is 0.725. The first kappa shape index (κ1) is 16.5. The SMILES string of the molecule is CCOC(=O)/C=C(\O)C(F)(F)C(F)(F)C(F)(F)F. The summed E-state index contributed by atoms with van der Waals surface area (Å²) in [5.74, 6) is -16.9. The number of carbonyl (C=O) groups is 1. The molecule has 0 radical (unpaired) electrons. The average molecular weight is 284 g/mol. The van der Waals surface area contributed by atoms with E-state index in [1.54, 1.807) is 0 Å². The lowest BCUT2D eigenvalue weighted by Gasteiger charge is -2.27. The van der Waals surface area contributed by atoms with Gasteiger partial charge in [0, 0.05) is 0 Å². The molecule has 0 unspecified atom stereocenters. The molecule has 3 nitrogen and oxygen atoms in total. The van der Waals surface area contributed by atoms with Gasteiger partial charge in [-0.25, -0.2) is 4.79 Å². The number of carbonyl (C=O) groups excluding carboxylic acids is 1. The first-order chi connectivity index (χ1) is 7.88. The molecule has 0 rings (SSSR count). The maximum Gasteiger partial charge on any atom is 0.460 e. The third-order valence-electron chi connectivity index (χ3n) is 1.61. The highest BCUT2D eigenvalue weighted by Crippen LogP contribution is 2.49. The van der Waals surface area contributed by atoms with Gasteiger partial charge < -0.3 is 9.84 Å². The van der Waals surface area contributed by atoms with Crippen molar-refractivity contribution >= 4 is 5.97 Å². The van der Waals surface area contributed by atoms with E-state index in [2.05, 4.69) is 4.74 Å². The Bertz CT molecular complexity index is 345. The normalized spacial score (nSPS) is 14.6. The van der Waals surface area contributed by atoms with Gasteiger partial charge in [0.1, 0.15) is 0 Å². The van der Waals surface area contributed by atoms with E-state index in [0.29, 0.717) is 0 Å². The number of halogens is 7. The Morgan fingerprint density at radius 3 is 1.94 bits per heavy atom. The van der Waals surface area contributed by atoms with Crippen molar-refractivity contribution in [3.8, 4) is 0 Å². The number of aliphatic hydroxyl groups is 1. The van der Waals surface area contributed by atoms with Gasteiger partial charge in [0.25, 0.3) is 0 Å². The Balaban J connectivity index is 5.33. The lowest BCUT2D eigenvalue weighted by molar-refractivity contribution is -0.349. The van der Waals surface area contributed by atoms with E-state index >= 15 is 0 Å². The zero-order chi connectivity index (χ0) is 14.8. The predicted octanol–water partition coefficient (Wildman–Crippen LogP) is 2.82. The lowest BCUT2D eigenvalue weighted by Crippen LogP contribution is -2.53. The van der Waals surface area contributed by atoms with Crippen LogP contribution in [-0.4, -0.2) is 35.7 Å². The number of esters is 1. The Labute approximate surface area is 95.8 Å². The molecule has 0 aromatic heterocycles. The number of hydrogen-bond donors (Lipinski definition) is 1. The summed E-state index contributed by atoms with van der Waals surface area (Å²) < 4.78 is 89.2. The largest absolute Gasteiger partial charge is 0.506 e. The van der Waals surface area contributed by atoms with E-state index in [9.17, 15) is 35.5 Å². The number of hydrogen-bond acceptors (Lipinski definition) is 3. The van der Waals surface area contributed by atoms with Crippen molar-refractivity contribution in [2.45, 2.75) is 24.9 Å². The molecule has 0 aliphatic carbocycles. The summed E-state index contributed by atoms with van der Waals surface area (Å²) in [6, 6.07) is 0. The van der Waals surface area contributed by atoms with Crippen molar-refractivity contribution in [1.82, 2.24) is 0 Å². The minimum Gasteiger partial charge on any atom is -0.506 e. The van der Waals surface area contributed by atoms with Crippen LogP contribution in [0.5, 0.6) is 0 Å². The second-order valence-corrected chi connectivity index (χ2v) is 2.93. The van der Waals surface area contributed by atoms with Crippen LogP contribution in [0.15, 0.2) is 11.8 Å². The van der Waals surface area contributed by atoms with E-state index in [0.717, 1.165) is 0 Å². The molecule has 0 bridgehead atoms. The van der Waals surface area contributed by atoms with Gasteiger partial charge >= 0.3 is 24.0 Å². The Morgan fingerprint density at radius 2 is 1.61 bits per heavy atom. The third kappa shape index (κ3) is 3.05. The second kappa shape index (κ2) is 5.02. The summed E-state index contributed by atoms with van der Waals surface area (Å²) in [6.07, 6.45) is -7.13. The first-order valence-corrected chi connectivity index (χ1v) is 4.28. The minimum atomic E-state index is -6.59. The quantitative estimate of drug-likeness (QED) is 0.374. The Kier molecular flexibility index (Phi) is 4.61. The van der Waals surface area contributed by atoms with Crippen LogP contribution in [0.3, 0.4) is 0 Å². The molecule has 0 atom stereocenters. The first-order valence-electron chi connectivity index (χ1n) is 4.28. The maximum absolute atomic E-state index is 12.7. The summed E-state index contributed by atoms with van der Waals surface area (Å²) >= 11 is 0. The average Bonchev–Trinajstić information content (AvgIpc) is 2.15. The van der Waals surface area contributed by atoms with Crippen LogP contribution in [0.4, 0.5) is 30.7 Å². The highest BCUT2D eigenvalue weighted by Gasteiger charge is 2.75. The molecule has 0 spiro atoms. The Hall–Kier alpha value is -1.48. The fraction of sp³-hybridized carbons (Fsp3) is 0.625. The maximum atomic E-state index is 12.7. The number of alkyl halides is 7. The summed E-state index contributed by atoms with van der Waals surface area (Å²) in [6.45, 7) is 0.884. The molecule has 0 heterocycles. The number of aliphatic hydroxyl groups excluding tert-OH is 1. The van der Waals surface area contributed by atoms with E-state index in [1.165, 1.54) is 6.92 Å². The van der Waals surface area contributed by atoms with E-state index in [-0.39, 0.29) is 6.61 Å². The standard InChI is InChI=1S/C8H7F7O3/c1-2-18-5(17)3-4(16)6(9,10)7(11,12)8(13,14)15/h3,16H,2H2,1H3/b4-3-. The minimum absolute atomic E-state index is 0.343. The molecule has 0 aromatic rings. The molecule has 0 aliphatic heterocycles. The van der Waals surface area contributed by atoms with Gasteiger partial charge in [-0.05, 0) is 6.92 Å². The summed E-state index contributed by atoms with van der Waals surface area (Å²) in [5, 5.41) is 8.50. The molecule has 0 aromatic carbocycles. The van der Waals surface area contributed by atoms with Crippen molar-refractivity contribution in [1.29, 1.82) is 0 Å². The van der Waals surface area contributed by atoms with Gasteiger partial charge in [-0.15, -0.1) is 0 Å². The molecule has 0 aliphatic rings. The van der Waals surface area contributed by atoms with Gasteiger partial charge in [-0.1, -0.05) is 0 Å². The van der Waals surface area contributed by atoms with Crippen molar-refractivity contribution in [3.63, 3.8) is 0 Å². The molecule has 0 saturated carbocycles. The van der Waals surface area contributed by atoms with E-state index in [1.807, 2.05) is 0 Å². The van der Waals surface area contributed by atoms with Crippen LogP contribution in [-0.2, 0) is 9.53 Å². The number of allylic oxidation sites excluding steroid dienone is 1. The third-order valence-corrected chi connectivity index (χ3v) is 1.61. The summed E-state index contributed by atoms with van der Waals surface area (Å²) in [4.78, 5) is 10.6. The van der Waals surface area contributed by atoms with Crippen molar-refractivity contribution in [2.75, 3.05) is 6.61 Å². The highest BCUT2D eigenvalue weighted by molar-refractivity contribution is 5.82. The monoisotopic (exact) mass is 284 g/mol. The Morgan fingerprint density at radius 1 is 1.17 bits per heavy atom. The molecular formula is C8H7F7O3. The molecule has 106 valence electrons. The zero-order valence-corrected chi connectivity index (χ0v) is 8.69. The van der Waals surface area contributed by atoms with Gasteiger partial charge in [-0.3, -0.25) is 0 Å². The van der Waals surface area contributed by atoms with Gasteiger partial charge in [0.15, 0.2) is 5.76 Å². The van der Waals surface area contributed by atoms with Gasteiger partial charge in [0.2, 0.25) is 0 Å². The smallest absolute Gasteiger partial charge is 0.460 e. The fourth-order valence-corrected chi connectivity index (χ4v) is 0.725. The lowest BCUT2D eigenvalue weighted by atomic mass is 10.1. The molecular weight excluding hydrogens is 277 g/mol.